The topological polar surface area (TPSA) is 75.4 Å². The van der Waals surface area contributed by atoms with Gasteiger partial charge in [0.1, 0.15) is 5.82 Å². The molecule has 1 saturated heterocycles. The number of piperazine rings is 1. The molecular formula is C15H27N5OS. The van der Waals surface area contributed by atoms with Crippen molar-refractivity contribution < 1.29 is 4.79 Å². The number of aromatic nitrogens is 2. The zero-order valence-corrected chi connectivity index (χ0v) is 14.7. The first-order valence-corrected chi connectivity index (χ1v) is 8.94. The first-order chi connectivity index (χ1) is 10.6. The predicted octanol–water partition coefficient (Wildman–Crippen LogP) is 1.51. The Balaban J connectivity index is 1.98. The van der Waals surface area contributed by atoms with Crippen LogP contribution in [0.25, 0.3) is 0 Å². The molecule has 0 atom stereocenters. The molecule has 0 aromatic carbocycles. The van der Waals surface area contributed by atoms with Crippen molar-refractivity contribution in [3.8, 4) is 0 Å². The lowest BCUT2D eigenvalue weighted by molar-refractivity contribution is -0.142. The lowest BCUT2D eigenvalue weighted by Gasteiger charge is -2.40. The standard InChI is InChI=1S/C15H27N5OS/c1-4-12-17-14(22-18-12)20-9-7-19(8-10-20)13(21)15(5-2,6-3)11-16/h4-11,16H2,1-3H3. The summed E-state index contributed by atoms with van der Waals surface area (Å²) < 4.78 is 4.33. The van der Waals surface area contributed by atoms with Gasteiger partial charge in [-0.25, -0.2) is 4.98 Å². The largest absolute Gasteiger partial charge is 0.343 e. The van der Waals surface area contributed by atoms with Crippen LogP contribution >= 0.6 is 11.5 Å². The van der Waals surface area contributed by atoms with Crippen molar-refractivity contribution in [1.29, 1.82) is 0 Å². The molecule has 1 amide bonds. The minimum atomic E-state index is -0.389. The molecule has 124 valence electrons. The molecule has 0 saturated carbocycles. The van der Waals surface area contributed by atoms with E-state index in [0.29, 0.717) is 6.54 Å². The summed E-state index contributed by atoms with van der Waals surface area (Å²) in [6.07, 6.45) is 2.46. The molecule has 1 aromatic heterocycles. The third-order valence-corrected chi connectivity index (χ3v) is 5.62. The third-order valence-electron chi connectivity index (χ3n) is 4.81. The van der Waals surface area contributed by atoms with Crippen molar-refractivity contribution in [1.82, 2.24) is 14.3 Å². The normalized spacial score (nSPS) is 16.2. The molecular weight excluding hydrogens is 298 g/mol. The Morgan fingerprint density at radius 2 is 1.86 bits per heavy atom. The molecule has 0 spiro atoms. The molecule has 1 aliphatic heterocycles. The maximum Gasteiger partial charge on any atom is 0.230 e. The van der Waals surface area contributed by atoms with Crippen LogP contribution in [0.2, 0.25) is 0 Å². The highest BCUT2D eigenvalue weighted by atomic mass is 32.1. The molecule has 1 fully saturated rings. The minimum absolute atomic E-state index is 0.214. The second-order valence-electron chi connectivity index (χ2n) is 5.82. The van der Waals surface area contributed by atoms with E-state index in [2.05, 4.69) is 35.0 Å². The van der Waals surface area contributed by atoms with Gasteiger partial charge in [0.2, 0.25) is 11.0 Å². The zero-order chi connectivity index (χ0) is 16.2. The molecule has 0 unspecified atom stereocenters. The fourth-order valence-electron chi connectivity index (χ4n) is 2.88. The molecule has 6 nitrogen and oxygen atoms in total. The average Bonchev–Trinajstić information content (AvgIpc) is 3.06. The summed E-state index contributed by atoms with van der Waals surface area (Å²) in [6, 6.07) is 0. The molecule has 2 heterocycles. The van der Waals surface area contributed by atoms with Gasteiger partial charge in [0.25, 0.3) is 0 Å². The van der Waals surface area contributed by atoms with E-state index in [1.165, 1.54) is 11.5 Å². The van der Waals surface area contributed by atoms with Gasteiger partial charge < -0.3 is 15.5 Å². The maximum atomic E-state index is 12.8. The number of amides is 1. The second-order valence-corrected chi connectivity index (χ2v) is 6.55. The predicted molar refractivity (Wildman–Crippen MR) is 90.1 cm³/mol. The second kappa shape index (κ2) is 7.37. The van der Waals surface area contributed by atoms with Gasteiger partial charge in [-0.05, 0) is 12.8 Å². The SMILES string of the molecule is CCc1nsc(N2CCN(C(=O)C(CC)(CC)CN)CC2)n1. The molecule has 7 heteroatoms. The minimum Gasteiger partial charge on any atom is -0.343 e. The number of aryl methyl sites for hydroxylation is 1. The molecule has 1 aliphatic rings. The fraction of sp³-hybridized carbons (Fsp3) is 0.800. The lowest BCUT2D eigenvalue weighted by Crippen LogP contribution is -2.54. The van der Waals surface area contributed by atoms with Gasteiger partial charge in [-0.1, -0.05) is 20.8 Å². The highest BCUT2D eigenvalue weighted by Gasteiger charge is 2.38. The summed E-state index contributed by atoms with van der Waals surface area (Å²) >= 11 is 1.45. The Bertz CT molecular complexity index is 484. The summed E-state index contributed by atoms with van der Waals surface area (Å²) in [6.45, 7) is 9.70. The van der Waals surface area contributed by atoms with Crippen molar-refractivity contribution in [2.24, 2.45) is 11.1 Å². The van der Waals surface area contributed by atoms with Crippen LogP contribution in [0.4, 0.5) is 5.13 Å². The Hall–Kier alpha value is -1.21. The van der Waals surface area contributed by atoms with Crippen molar-refractivity contribution in [2.45, 2.75) is 40.0 Å². The van der Waals surface area contributed by atoms with Crippen LogP contribution in [0.3, 0.4) is 0 Å². The molecule has 0 radical (unpaired) electrons. The van der Waals surface area contributed by atoms with E-state index in [-0.39, 0.29) is 11.3 Å². The van der Waals surface area contributed by atoms with E-state index < -0.39 is 0 Å². The Kier molecular flexibility index (Phi) is 5.74. The van der Waals surface area contributed by atoms with Crippen molar-refractivity contribution in [2.75, 3.05) is 37.6 Å². The number of rotatable bonds is 6. The fourth-order valence-corrected chi connectivity index (χ4v) is 3.68. The number of nitrogens with two attached hydrogens (primary N) is 1. The molecule has 2 N–H and O–H groups in total. The van der Waals surface area contributed by atoms with Crippen LogP contribution in [0.1, 0.15) is 39.4 Å². The molecule has 0 bridgehead atoms. The van der Waals surface area contributed by atoms with Crippen LogP contribution in [-0.4, -0.2) is 52.9 Å². The smallest absolute Gasteiger partial charge is 0.230 e. The highest BCUT2D eigenvalue weighted by molar-refractivity contribution is 7.09. The molecule has 1 aromatic rings. The van der Waals surface area contributed by atoms with Gasteiger partial charge in [-0.2, -0.15) is 4.37 Å². The van der Waals surface area contributed by atoms with Crippen LogP contribution in [-0.2, 0) is 11.2 Å². The third kappa shape index (κ3) is 3.25. The van der Waals surface area contributed by atoms with E-state index in [0.717, 1.165) is 56.4 Å². The lowest BCUT2D eigenvalue weighted by atomic mass is 9.81. The van der Waals surface area contributed by atoms with E-state index in [4.69, 9.17) is 5.73 Å². The van der Waals surface area contributed by atoms with Crippen molar-refractivity contribution in [3.05, 3.63) is 5.82 Å². The summed E-state index contributed by atoms with van der Waals surface area (Å²) in [5, 5.41) is 0.972. The van der Waals surface area contributed by atoms with Crippen LogP contribution in [0.5, 0.6) is 0 Å². The monoisotopic (exact) mass is 325 g/mol. The van der Waals surface area contributed by atoms with Crippen LogP contribution in [0, 0.1) is 5.41 Å². The number of nitrogens with zero attached hydrogens (tertiary/aromatic N) is 4. The van der Waals surface area contributed by atoms with Gasteiger partial charge in [0.15, 0.2) is 0 Å². The van der Waals surface area contributed by atoms with E-state index in [9.17, 15) is 4.79 Å². The number of hydrogen-bond acceptors (Lipinski definition) is 6. The number of anilines is 1. The summed E-state index contributed by atoms with van der Waals surface area (Å²) in [4.78, 5) is 21.5. The molecule has 22 heavy (non-hydrogen) atoms. The highest BCUT2D eigenvalue weighted by Crippen LogP contribution is 2.29. The van der Waals surface area contributed by atoms with E-state index >= 15 is 0 Å². The average molecular weight is 325 g/mol. The summed E-state index contributed by atoms with van der Waals surface area (Å²) in [7, 11) is 0. The summed E-state index contributed by atoms with van der Waals surface area (Å²) in [5.41, 5.74) is 5.51. The van der Waals surface area contributed by atoms with E-state index in [1.54, 1.807) is 0 Å². The van der Waals surface area contributed by atoms with Crippen molar-refractivity contribution in [3.63, 3.8) is 0 Å². The van der Waals surface area contributed by atoms with Crippen LogP contribution in [0.15, 0.2) is 0 Å². The number of carbonyl (C=O) groups excluding carboxylic acids is 1. The maximum absolute atomic E-state index is 12.8. The van der Waals surface area contributed by atoms with Gasteiger partial charge in [-0.3, -0.25) is 4.79 Å². The van der Waals surface area contributed by atoms with Crippen LogP contribution < -0.4 is 10.6 Å². The van der Waals surface area contributed by atoms with Gasteiger partial charge in [-0.15, -0.1) is 0 Å². The quantitative estimate of drug-likeness (QED) is 0.858. The summed E-state index contributed by atoms with van der Waals surface area (Å²) in [5.74, 6) is 1.11. The van der Waals surface area contributed by atoms with E-state index in [1.807, 2.05) is 4.90 Å². The molecule has 0 aliphatic carbocycles. The Morgan fingerprint density at radius 3 is 2.32 bits per heavy atom. The zero-order valence-electron chi connectivity index (χ0n) is 13.8. The van der Waals surface area contributed by atoms with Crippen molar-refractivity contribution >= 4 is 22.6 Å². The van der Waals surface area contributed by atoms with Gasteiger partial charge in [0, 0.05) is 50.7 Å². The Morgan fingerprint density at radius 1 is 1.23 bits per heavy atom. The van der Waals surface area contributed by atoms with Gasteiger partial charge >= 0.3 is 0 Å². The number of carbonyl (C=O) groups is 1. The Labute approximate surface area is 136 Å². The molecule has 2 rings (SSSR count). The van der Waals surface area contributed by atoms with Gasteiger partial charge in [0.05, 0.1) is 5.41 Å². The first kappa shape index (κ1) is 17.1. The number of hydrogen-bond donors (Lipinski definition) is 1. The first-order valence-electron chi connectivity index (χ1n) is 8.17.